The topological polar surface area (TPSA) is 68.8 Å². The molecule has 0 aliphatic rings. The molecule has 0 saturated heterocycles. The summed E-state index contributed by atoms with van der Waals surface area (Å²) in [4.78, 5) is 0. The summed E-state index contributed by atoms with van der Waals surface area (Å²) < 4.78 is 8.73. The third kappa shape index (κ3) is 5.70. The summed E-state index contributed by atoms with van der Waals surface area (Å²) in [5.41, 5.74) is 2.02. The Morgan fingerprint density at radius 2 is 1.79 bits per heavy atom. The van der Waals surface area contributed by atoms with E-state index in [9.17, 15) is 0 Å². The average Bonchev–Trinajstić information content (AvgIpc) is 3.39. The summed E-state index contributed by atoms with van der Waals surface area (Å²) in [6.07, 6.45) is 0. The van der Waals surface area contributed by atoms with Gasteiger partial charge in [-0.05, 0) is 46.8 Å². The summed E-state index contributed by atoms with van der Waals surface area (Å²) in [5.74, 6) is 2.64. The van der Waals surface area contributed by atoms with Crippen molar-refractivity contribution in [3.63, 3.8) is 0 Å². The highest BCUT2D eigenvalue weighted by atomic mass is 79.9. The molecule has 0 aliphatic carbocycles. The van der Waals surface area contributed by atoms with Crippen LogP contribution >= 0.6 is 40.1 Å². The molecule has 0 spiro atoms. The number of rotatable bonds is 8. The van der Waals surface area contributed by atoms with Crippen molar-refractivity contribution < 1.29 is 4.42 Å². The van der Waals surface area contributed by atoms with Crippen LogP contribution in [0, 0.1) is 0 Å². The Morgan fingerprint density at radius 3 is 2.59 bits per heavy atom. The SMILES string of the molecule is Brc1ccc(-c2ccc(CNCCSc3nnnn3-c3ccccc3)o2)cc1.Cl. The van der Waals surface area contributed by atoms with E-state index in [1.807, 2.05) is 66.7 Å². The number of hydrogen-bond acceptors (Lipinski definition) is 6. The lowest BCUT2D eigenvalue weighted by Gasteiger charge is -2.05. The van der Waals surface area contributed by atoms with Crippen molar-refractivity contribution in [1.29, 1.82) is 0 Å². The number of benzene rings is 2. The minimum Gasteiger partial charge on any atom is -0.460 e. The number of thioether (sulfide) groups is 1. The number of furan rings is 1. The molecular weight excluding hydrogens is 474 g/mol. The molecule has 2 heterocycles. The number of halogens is 2. The largest absolute Gasteiger partial charge is 0.460 e. The number of nitrogens with zero attached hydrogens (tertiary/aromatic N) is 4. The molecule has 150 valence electrons. The van der Waals surface area contributed by atoms with Gasteiger partial charge >= 0.3 is 0 Å². The van der Waals surface area contributed by atoms with Crippen molar-refractivity contribution in [2.45, 2.75) is 11.7 Å². The van der Waals surface area contributed by atoms with Gasteiger partial charge in [-0.1, -0.05) is 58.0 Å². The molecule has 0 atom stereocenters. The van der Waals surface area contributed by atoms with Gasteiger partial charge in [0.2, 0.25) is 5.16 Å². The normalized spacial score (nSPS) is 10.7. The molecule has 0 unspecified atom stereocenters. The zero-order valence-corrected chi connectivity index (χ0v) is 18.6. The first-order valence-electron chi connectivity index (χ1n) is 8.81. The van der Waals surface area contributed by atoms with Crippen LogP contribution in [0.1, 0.15) is 5.76 Å². The summed E-state index contributed by atoms with van der Waals surface area (Å²) in [6.45, 7) is 1.50. The van der Waals surface area contributed by atoms with E-state index in [4.69, 9.17) is 4.42 Å². The van der Waals surface area contributed by atoms with Crippen LogP contribution in [0.15, 0.2) is 80.8 Å². The number of nitrogens with one attached hydrogen (secondary N) is 1. The van der Waals surface area contributed by atoms with Gasteiger partial charge in [-0.25, -0.2) is 0 Å². The van der Waals surface area contributed by atoms with Crippen LogP contribution in [0.3, 0.4) is 0 Å². The molecule has 0 fully saturated rings. The van der Waals surface area contributed by atoms with Crippen LogP contribution in [0.5, 0.6) is 0 Å². The molecule has 4 aromatic rings. The minimum absolute atomic E-state index is 0. The van der Waals surface area contributed by atoms with Gasteiger partial charge in [-0.15, -0.1) is 17.5 Å². The lowest BCUT2D eigenvalue weighted by atomic mass is 10.2. The van der Waals surface area contributed by atoms with E-state index in [0.717, 1.165) is 44.7 Å². The molecule has 9 heteroatoms. The van der Waals surface area contributed by atoms with Crippen LogP contribution in [0.2, 0.25) is 0 Å². The maximum Gasteiger partial charge on any atom is 0.214 e. The molecular formula is C20H19BrClN5OS. The van der Waals surface area contributed by atoms with Crippen molar-refractivity contribution >= 4 is 40.1 Å². The lowest BCUT2D eigenvalue weighted by Crippen LogP contribution is -2.16. The Labute approximate surface area is 187 Å². The second kappa shape index (κ2) is 10.6. The first-order chi connectivity index (χ1) is 13.8. The van der Waals surface area contributed by atoms with Crippen LogP contribution in [0.25, 0.3) is 17.0 Å². The van der Waals surface area contributed by atoms with Gasteiger partial charge in [0.05, 0.1) is 12.2 Å². The van der Waals surface area contributed by atoms with Crippen LogP contribution in [0.4, 0.5) is 0 Å². The zero-order chi connectivity index (χ0) is 19.2. The molecule has 4 rings (SSSR count). The second-order valence-electron chi connectivity index (χ2n) is 6.01. The third-order valence-electron chi connectivity index (χ3n) is 4.04. The second-order valence-corrected chi connectivity index (χ2v) is 7.98. The molecule has 0 amide bonds. The van der Waals surface area contributed by atoms with E-state index in [1.165, 1.54) is 0 Å². The van der Waals surface area contributed by atoms with Crippen molar-refractivity contribution in [2.75, 3.05) is 12.3 Å². The van der Waals surface area contributed by atoms with Crippen molar-refractivity contribution in [2.24, 2.45) is 0 Å². The standard InChI is InChI=1S/C20H18BrN5OS.ClH/c21-16-8-6-15(7-9-16)19-11-10-18(27-19)14-22-12-13-28-20-23-24-25-26(20)17-4-2-1-3-5-17;/h1-11,22H,12-14H2;1H. The molecule has 0 saturated carbocycles. The first-order valence-corrected chi connectivity index (χ1v) is 10.6. The fourth-order valence-corrected chi connectivity index (χ4v) is 3.72. The highest BCUT2D eigenvalue weighted by Crippen LogP contribution is 2.24. The average molecular weight is 493 g/mol. The van der Waals surface area contributed by atoms with E-state index in [-0.39, 0.29) is 12.4 Å². The molecule has 0 aliphatic heterocycles. The predicted molar refractivity (Wildman–Crippen MR) is 121 cm³/mol. The van der Waals surface area contributed by atoms with Gasteiger partial charge in [0.15, 0.2) is 0 Å². The van der Waals surface area contributed by atoms with E-state index < -0.39 is 0 Å². The van der Waals surface area contributed by atoms with E-state index >= 15 is 0 Å². The van der Waals surface area contributed by atoms with Crippen molar-refractivity contribution in [3.8, 4) is 17.0 Å². The summed E-state index contributed by atoms with van der Waals surface area (Å²) >= 11 is 5.06. The quantitative estimate of drug-likeness (QED) is 0.276. The third-order valence-corrected chi connectivity index (χ3v) is 5.49. The number of tetrazole rings is 1. The maximum absolute atomic E-state index is 5.92. The first kappa shape index (κ1) is 21.6. The van der Waals surface area contributed by atoms with E-state index in [1.54, 1.807) is 16.4 Å². The van der Waals surface area contributed by atoms with Gasteiger partial charge in [0, 0.05) is 22.3 Å². The summed E-state index contributed by atoms with van der Waals surface area (Å²) in [7, 11) is 0. The zero-order valence-electron chi connectivity index (χ0n) is 15.4. The van der Waals surface area contributed by atoms with E-state index in [2.05, 4.69) is 36.8 Å². The summed E-state index contributed by atoms with van der Waals surface area (Å²) in [6, 6.07) is 22.0. The number of hydrogen-bond donors (Lipinski definition) is 1. The van der Waals surface area contributed by atoms with Gasteiger partial charge in [0.25, 0.3) is 0 Å². The monoisotopic (exact) mass is 491 g/mol. The Hall–Kier alpha value is -2.13. The van der Waals surface area contributed by atoms with Crippen LogP contribution in [-0.4, -0.2) is 32.5 Å². The van der Waals surface area contributed by atoms with Crippen LogP contribution in [-0.2, 0) is 6.54 Å². The smallest absolute Gasteiger partial charge is 0.214 e. The Bertz CT molecular complexity index is 1020. The molecule has 2 aromatic heterocycles. The van der Waals surface area contributed by atoms with Gasteiger partial charge in [0.1, 0.15) is 11.5 Å². The maximum atomic E-state index is 5.92. The van der Waals surface area contributed by atoms with Crippen molar-refractivity contribution in [1.82, 2.24) is 25.5 Å². The molecule has 0 bridgehead atoms. The van der Waals surface area contributed by atoms with Gasteiger partial charge < -0.3 is 9.73 Å². The molecule has 29 heavy (non-hydrogen) atoms. The lowest BCUT2D eigenvalue weighted by molar-refractivity contribution is 0.499. The highest BCUT2D eigenvalue weighted by molar-refractivity contribution is 9.10. The summed E-state index contributed by atoms with van der Waals surface area (Å²) in [5, 5.41) is 16.1. The van der Waals surface area contributed by atoms with E-state index in [0.29, 0.717) is 6.54 Å². The number of aromatic nitrogens is 4. The van der Waals surface area contributed by atoms with Gasteiger partial charge in [-0.3, -0.25) is 0 Å². The Balaban J connectivity index is 0.00000240. The van der Waals surface area contributed by atoms with Crippen LogP contribution < -0.4 is 5.32 Å². The molecule has 1 N–H and O–H groups in total. The molecule has 0 radical (unpaired) electrons. The minimum atomic E-state index is 0. The molecule has 2 aromatic carbocycles. The Morgan fingerprint density at radius 1 is 1.00 bits per heavy atom. The molecule has 6 nitrogen and oxygen atoms in total. The fourth-order valence-electron chi connectivity index (χ4n) is 2.67. The number of para-hydroxylation sites is 1. The Kier molecular flexibility index (Phi) is 7.88. The highest BCUT2D eigenvalue weighted by Gasteiger charge is 2.08. The predicted octanol–water partition coefficient (Wildman–Crippen LogP) is 4.99. The van der Waals surface area contributed by atoms with Crippen molar-refractivity contribution in [3.05, 3.63) is 77.0 Å². The van der Waals surface area contributed by atoms with Gasteiger partial charge in [-0.2, -0.15) is 4.68 Å². The fraction of sp³-hybridized carbons (Fsp3) is 0.150.